The van der Waals surface area contributed by atoms with Crippen molar-refractivity contribution in [1.82, 2.24) is 5.43 Å². The highest BCUT2D eigenvalue weighted by atomic mass is 16.2. The van der Waals surface area contributed by atoms with E-state index < -0.39 is 0 Å². The Balaban J connectivity index is 1.38. The predicted octanol–water partition coefficient (Wildman–Crippen LogP) is 5.44. The third-order valence-electron chi connectivity index (χ3n) is 6.10. The molecule has 5 heteroatoms. The standard InChI is InChI=1S/C27H29N3O2/c1-19(22-13-8-15-24(17-22)28-27(32)21-10-3-2-4-11-21)29-30-26(31)18-23-14-7-12-20-9-5-6-16-25(20)23/h5-9,12-17,21H,2-4,10-11,18H2,1H3,(H,28,32)(H,30,31)/b29-19+. The van der Waals surface area contributed by atoms with Crippen LogP contribution in [-0.4, -0.2) is 17.5 Å². The van der Waals surface area contributed by atoms with E-state index in [1.807, 2.05) is 73.7 Å². The van der Waals surface area contributed by atoms with Gasteiger partial charge in [0.05, 0.1) is 12.1 Å². The van der Waals surface area contributed by atoms with E-state index in [0.29, 0.717) is 5.71 Å². The molecule has 164 valence electrons. The summed E-state index contributed by atoms with van der Waals surface area (Å²) in [5.41, 5.74) is 5.94. The van der Waals surface area contributed by atoms with Crippen molar-refractivity contribution in [2.75, 3.05) is 5.32 Å². The molecule has 0 saturated heterocycles. The molecule has 1 aliphatic rings. The molecule has 0 heterocycles. The maximum Gasteiger partial charge on any atom is 0.244 e. The number of carbonyl (C=O) groups excluding carboxylic acids is 2. The second-order valence-corrected chi connectivity index (χ2v) is 8.45. The normalized spacial score (nSPS) is 14.8. The molecule has 3 aromatic rings. The molecule has 0 bridgehead atoms. The van der Waals surface area contributed by atoms with Crippen LogP contribution in [0.25, 0.3) is 10.8 Å². The maximum atomic E-state index is 12.5. The summed E-state index contributed by atoms with van der Waals surface area (Å²) in [7, 11) is 0. The summed E-state index contributed by atoms with van der Waals surface area (Å²) >= 11 is 0. The fraction of sp³-hybridized carbons (Fsp3) is 0.296. The van der Waals surface area contributed by atoms with Gasteiger partial charge in [-0.15, -0.1) is 0 Å². The van der Waals surface area contributed by atoms with E-state index in [4.69, 9.17) is 0 Å². The third-order valence-corrected chi connectivity index (χ3v) is 6.10. The average molecular weight is 428 g/mol. The first-order valence-corrected chi connectivity index (χ1v) is 11.3. The molecule has 0 radical (unpaired) electrons. The number of nitrogens with one attached hydrogen (secondary N) is 2. The van der Waals surface area contributed by atoms with Gasteiger partial charge in [0.15, 0.2) is 0 Å². The van der Waals surface area contributed by atoms with Gasteiger partial charge in [-0.05, 0) is 53.8 Å². The first-order chi connectivity index (χ1) is 15.6. The number of fused-ring (bicyclic) bond motifs is 1. The monoisotopic (exact) mass is 427 g/mol. The van der Waals surface area contributed by atoms with Crippen molar-refractivity contribution in [3.05, 3.63) is 77.9 Å². The second kappa shape index (κ2) is 10.2. The van der Waals surface area contributed by atoms with E-state index in [1.165, 1.54) is 6.42 Å². The number of hydrazone groups is 1. The molecule has 1 saturated carbocycles. The summed E-state index contributed by atoms with van der Waals surface area (Å²) in [4.78, 5) is 25.0. The SMILES string of the molecule is C/C(=N\NC(=O)Cc1cccc2ccccc12)c1cccc(NC(=O)C2CCCCC2)c1. The van der Waals surface area contributed by atoms with Crippen molar-refractivity contribution in [3.8, 4) is 0 Å². The van der Waals surface area contributed by atoms with Crippen LogP contribution in [-0.2, 0) is 16.0 Å². The van der Waals surface area contributed by atoms with Crippen LogP contribution in [0.4, 0.5) is 5.69 Å². The first-order valence-electron chi connectivity index (χ1n) is 11.3. The van der Waals surface area contributed by atoms with Crippen molar-refractivity contribution in [2.45, 2.75) is 45.4 Å². The highest BCUT2D eigenvalue weighted by molar-refractivity contribution is 6.01. The van der Waals surface area contributed by atoms with Crippen molar-refractivity contribution < 1.29 is 9.59 Å². The minimum absolute atomic E-state index is 0.0971. The Kier molecular flexibility index (Phi) is 6.95. The Bertz CT molecular complexity index is 1140. The van der Waals surface area contributed by atoms with Gasteiger partial charge in [0.2, 0.25) is 11.8 Å². The van der Waals surface area contributed by atoms with Gasteiger partial charge >= 0.3 is 0 Å². The van der Waals surface area contributed by atoms with Gasteiger partial charge < -0.3 is 5.32 Å². The summed E-state index contributed by atoms with van der Waals surface area (Å²) in [5, 5.41) is 9.52. The Morgan fingerprint density at radius 3 is 2.53 bits per heavy atom. The van der Waals surface area contributed by atoms with Crippen LogP contribution in [0.2, 0.25) is 0 Å². The summed E-state index contributed by atoms with van der Waals surface area (Å²) in [5.74, 6) is 0.0396. The van der Waals surface area contributed by atoms with E-state index in [2.05, 4.69) is 15.8 Å². The first kappa shape index (κ1) is 21.8. The molecule has 0 spiro atoms. The predicted molar refractivity (Wildman–Crippen MR) is 130 cm³/mol. The smallest absolute Gasteiger partial charge is 0.244 e. The van der Waals surface area contributed by atoms with Crippen molar-refractivity contribution in [2.24, 2.45) is 11.0 Å². The van der Waals surface area contributed by atoms with Crippen LogP contribution in [0.1, 0.15) is 50.2 Å². The Morgan fingerprint density at radius 1 is 0.938 bits per heavy atom. The van der Waals surface area contributed by atoms with Crippen molar-refractivity contribution in [1.29, 1.82) is 0 Å². The molecule has 1 fully saturated rings. The number of nitrogens with zero attached hydrogens (tertiary/aromatic N) is 1. The third kappa shape index (κ3) is 5.41. The molecule has 3 aromatic carbocycles. The van der Waals surface area contributed by atoms with E-state index in [1.54, 1.807) is 0 Å². The summed E-state index contributed by atoms with van der Waals surface area (Å²) in [6, 6.07) is 21.6. The van der Waals surface area contributed by atoms with Gasteiger partial charge in [0, 0.05) is 11.6 Å². The fourth-order valence-electron chi connectivity index (χ4n) is 4.30. The zero-order valence-electron chi connectivity index (χ0n) is 18.4. The molecule has 0 atom stereocenters. The van der Waals surface area contributed by atoms with Crippen LogP contribution < -0.4 is 10.7 Å². The molecule has 1 aliphatic carbocycles. The van der Waals surface area contributed by atoms with Gasteiger partial charge in [0.25, 0.3) is 0 Å². The lowest BCUT2D eigenvalue weighted by atomic mass is 9.88. The molecular formula is C27H29N3O2. The van der Waals surface area contributed by atoms with Gasteiger partial charge in [-0.25, -0.2) is 5.43 Å². The number of rotatable bonds is 6. The Labute approximate surface area is 188 Å². The zero-order chi connectivity index (χ0) is 22.3. The molecule has 5 nitrogen and oxygen atoms in total. The highest BCUT2D eigenvalue weighted by Gasteiger charge is 2.21. The van der Waals surface area contributed by atoms with Crippen LogP contribution in [0.5, 0.6) is 0 Å². The van der Waals surface area contributed by atoms with Gasteiger partial charge in [-0.1, -0.05) is 73.9 Å². The molecule has 2 amide bonds. The molecule has 2 N–H and O–H groups in total. The lowest BCUT2D eigenvalue weighted by Crippen LogP contribution is -2.24. The molecule has 0 unspecified atom stereocenters. The molecular weight excluding hydrogens is 398 g/mol. The van der Waals surface area contributed by atoms with Gasteiger partial charge in [0.1, 0.15) is 0 Å². The summed E-state index contributed by atoms with van der Waals surface area (Å²) in [6.45, 7) is 1.85. The number of hydrogen-bond acceptors (Lipinski definition) is 3. The number of anilines is 1. The van der Waals surface area contributed by atoms with Crippen LogP contribution in [0.15, 0.2) is 71.8 Å². The van der Waals surface area contributed by atoms with Crippen LogP contribution in [0, 0.1) is 5.92 Å². The Hall–Kier alpha value is -3.47. The lowest BCUT2D eigenvalue weighted by Gasteiger charge is -2.20. The molecule has 0 aromatic heterocycles. The summed E-state index contributed by atoms with van der Waals surface area (Å²) in [6.07, 6.45) is 5.67. The van der Waals surface area contributed by atoms with E-state index >= 15 is 0 Å². The van der Waals surface area contributed by atoms with Crippen molar-refractivity contribution in [3.63, 3.8) is 0 Å². The largest absolute Gasteiger partial charge is 0.326 e. The van der Waals surface area contributed by atoms with Crippen LogP contribution >= 0.6 is 0 Å². The number of amides is 2. The lowest BCUT2D eigenvalue weighted by molar-refractivity contribution is -0.121. The van der Waals surface area contributed by atoms with Crippen molar-refractivity contribution >= 4 is 34.0 Å². The quantitative estimate of drug-likeness (QED) is 0.406. The minimum Gasteiger partial charge on any atom is -0.326 e. The van der Waals surface area contributed by atoms with Gasteiger partial charge in [-0.2, -0.15) is 5.10 Å². The van der Waals surface area contributed by atoms with Gasteiger partial charge in [-0.3, -0.25) is 9.59 Å². The Morgan fingerprint density at radius 2 is 1.69 bits per heavy atom. The number of hydrogen-bond donors (Lipinski definition) is 2. The minimum atomic E-state index is -0.164. The molecule has 0 aliphatic heterocycles. The molecule has 32 heavy (non-hydrogen) atoms. The highest BCUT2D eigenvalue weighted by Crippen LogP contribution is 2.25. The van der Waals surface area contributed by atoms with Crippen LogP contribution in [0.3, 0.4) is 0 Å². The summed E-state index contributed by atoms with van der Waals surface area (Å²) < 4.78 is 0. The fourth-order valence-corrected chi connectivity index (χ4v) is 4.30. The zero-order valence-corrected chi connectivity index (χ0v) is 18.4. The number of benzene rings is 3. The maximum absolute atomic E-state index is 12.5. The van der Waals surface area contributed by atoms with E-state index in [-0.39, 0.29) is 24.2 Å². The topological polar surface area (TPSA) is 70.6 Å². The average Bonchev–Trinajstić information content (AvgIpc) is 2.83. The van der Waals surface area contributed by atoms with E-state index in [9.17, 15) is 9.59 Å². The molecule has 4 rings (SSSR count). The number of carbonyl (C=O) groups is 2. The second-order valence-electron chi connectivity index (χ2n) is 8.45. The van der Waals surface area contributed by atoms with E-state index in [0.717, 1.165) is 53.3 Å².